The Morgan fingerprint density at radius 2 is 2.07 bits per heavy atom. The molecule has 2 saturated heterocycles. The fourth-order valence-corrected chi connectivity index (χ4v) is 4.62. The number of hydrogen-bond acceptors (Lipinski definition) is 5. The van der Waals surface area contributed by atoms with Crippen LogP contribution in [0, 0.1) is 11.8 Å². The summed E-state index contributed by atoms with van der Waals surface area (Å²) < 4.78 is 23.1. The minimum Gasteiger partial charge on any atom is -0.338 e. The molecule has 2 fully saturated rings. The predicted octanol–water partition coefficient (Wildman–Crippen LogP) is 0.273. The van der Waals surface area contributed by atoms with Gasteiger partial charge in [0.05, 0.1) is 10.8 Å². The molecule has 0 bridgehead atoms. The Bertz CT molecular complexity index is 842. The van der Waals surface area contributed by atoms with Crippen molar-refractivity contribution in [3.63, 3.8) is 0 Å². The molecule has 148 valence electrons. The third-order valence-electron chi connectivity index (χ3n) is 5.57. The first-order valence-corrected chi connectivity index (χ1v) is 10.7. The fourth-order valence-electron chi connectivity index (χ4n) is 4.07. The van der Waals surface area contributed by atoms with Gasteiger partial charge >= 0.3 is 0 Å². The molecular formula is C18H26N4O4S. The number of nitrogens with two attached hydrogens (primary N) is 2. The van der Waals surface area contributed by atoms with E-state index in [0.717, 1.165) is 12.8 Å². The van der Waals surface area contributed by atoms with Crippen LogP contribution in [0.2, 0.25) is 0 Å². The molecule has 2 aliphatic rings. The number of sulfonamides is 1. The average molecular weight is 394 g/mol. The molecule has 8 nitrogen and oxygen atoms in total. The molecule has 1 aromatic carbocycles. The van der Waals surface area contributed by atoms with E-state index in [4.69, 9.17) is 10.9 Å². The first kappa shape index (κ1) is 19.8. The number of primary sulfonamides is 1. The molecule has 0 aliphatic carbocycles. The van der Waals surface area contributed by atoms with Crippen LogP contribution in [0.15, 0.2) is 29.2 Å². The number of amides is 2. The predicted molar refractivity (Wildman–Crippen MR) is 101 cm³/mol. The lowest BCUT2D eigenvalue weighted by atomic mass is 9.89. The first-order valence-electron chi connectivity index (χ1n) is 9.16. The summed E-state index contributed by atoms with van der Waals surface area (Å²) in [5.41, 5.74) is 6.32. The summed E-state index contributed by atoms with van der Waals surface area (Å²) in [6.07, 6.45) is 2.09. The van der Waals surface area contributed by atoms with Gasteiger partial charge in [0, 0.05) is 37.8 Å². The summed E-state index contributed by atoms with van der Waals surface area (Å²) in [6, 6.07) is 5.93. The molecule has 0 unspecified atom stereocenters. The van der Waals surface area contributed by atoms with Crippen LogP contribution in [0.3, 0.4) is 0 Å². The van der Waals surface area contributed by atoms with E-state index in [1.807, 2.05) is 4.90 Å². The molecule has 0 aromatic heterocycles. The largest absolute Gasteiger partial charge is 0.338 e. The van der Waals surface area contributed by atoms with E-state index >= 15 is 0 Å². The summed E-state index contributed by atoms with van der Waals surface area (Å²) in [4.78, 5) is 28.8. The summed E-state index contributed by atoms with van der Waals surface area (Å²) in [5.74, 6) is -0.355. The SMILES string of the molecule is C[C@@H]1CCCN(C(=O)[C@H]2CC(=O)N(c3cccc(S(N)(=O)=O)c3)C2)[C@H]1CN. The Morgan fingerprint density at radius 1 is 1.33 bits per heavy atom. The molecule has 2 aliphatic heterocycles. The van der Waals surface area contributed by atoms with Crippen LogP contribution >= 0.6 is 0 Å². The molecule has 3 atom stereocenters. The number of carbonyl (C=O) groups is 2. The monoisotopic (exact) mass is 394 g/mol. The van der Waals surface area contributed by atoms with Crippen LogP contribution in [-0.2, 0) is 19.6 Å². The topological polar surface area (TPSA) is 127 Å². The highest BCUT2D eigenvalue weighted by Gasteiger charge is 2.40. The number of piperidine rings is 1. The van der Waals surface area contributed by atoms with Crippen molar-refractivity contribution >= 4 is 27.5 Å². The van der Waals surface area contributed by atoms with Crippen molar-refractivity contribution in [1.29, 1.82) is 0 Å². The third kappa shape index (κ3) is 3.99. The molecule has 27 heavy (non-hydrogen) atoms. The lowest BCUT2D eigenvalue weighted by molar-refractivity contribution is -0.140. The van der Waals surface area contributed by atoms with Gasteiger partial charge in [0.2, 0.25) is 21.8 Å². The van der Waals surface area contributed by atoms with Gasteiger partial charge in [-0.3, -0.25) is 9.59 Å². The quantitative estimate of drug-likeness (QED) is 0.758. The Kier molecular flexibility index (Phi) is 5.55. The van der Waals surface area contributed by atoms with E-state index in [-0.39, 0.29) is 35.7 Å². The Balaban J connectivity index is 1.78. The second-order valence-electron chi connectivity index (χ2n) is 7.40. The van der Waals surface area contributed by atoms with Crippen LogP contribution < -0.4 is 15.8 Å². The number of rotatable bonds is 4. The normalized spacial score (nSPS) is 26.5. The molecular weight excluding hydrogens is 368 g/mol. The molecule has 2 amide bonds. The Labute approximate surface area is 159 Å². The van der Waals surface area contributed by atoms with Crippen molar-refractivity contribution in [1.82, 2.24) is 4.90 Å². The van der Waals surface area contributed by atoms with E-state index in [1.165, 1.54) is 23.1 Å². The number of nitrogens with zero attached hydrogens (tertiary/aromatic N) is 2. The lowest BCUT2D eigenvalue weighted by Crippen LogP contribution is -2.53. The van der Waals surface area contributed by atoms with Crippen LogP contribution in [0.1, 0.15) is 26.2 Å². The second-order valence-corrected chi connectivity index (χ2v) is 8.96. The smallest absolute Gasteiger partial charge is 0.238 e. The van der Waals surface area contributed by atoms with Crippen LogP contribution in [0.25, 0.3) is 0 Å². The van der Waals surface area contributed by atoms with E-state index in [1.54, 1.807) is 6.07 Å². The van der Waals surface area contributed by atoms with Gasteiger partial charge in [-0.15, -0.1) is 0 Å². The number of carbonyl (C=O) groups excluding carboxylic acids is 2. The van der Waals surface area contributed by atoms with Crippen LogP contribution in [0.5, 0.6) is 0 Å². The van der Waals surface area contributed by atoms with Crippen molar-refractivity contribution in [2.24, 2.45) is 22.7 Å². The number of anilines is 1. The second kappa shape index (κ2) is 7.57. The van der Waals surface area contributed by atoms with Crippen molar-refractivity contribution in [2.75, 3.05) is 24.5 Å². The minimum atomic E-state index is -3.86. The Morgan fingerprint density at radius 3 is 2.74 bits per heavy atom. The first-order chi connectivity index (χ1) is 12.7. The van der Waals surface area contributed by atoms with Crippen molar-refractivity contribution < 1.29 is 18.0 Å². The molecule has 1 aromatic rings. The molecule has 2 heterocycles. The van der Waals surface area contributed by atoms with Crippen LogP contribution in [-0.4, -0.2) is 50.8 Å². The van der Waals surface area contributed by atoms with Gasteiger partial charge in [0.15, 0.2) is 0 Å². The van der Waals surface area contributed by atoms with Crippen LogP contribution in [0.4, 0.5) is 5.69 Å². The number of likely N-dealkylation sites (tertiary alicyclic amines) is 1. The fraction of sp³-hybridized carbons (Fsp3) is 0.556. The summed E-state index contributed by atoms with van der Waals surface area (Å²) in [7, 11) is -3.86. The van der Waals surface area contributed by atoms with Gasteiger partial charge in [0.25, 0.3) is 0 Å². The molecule has 3 rings (SSSR count). The van der Waals surface area contributed by atoms with Gasteiger partial charge in [-0.1, -0.05) is 13.0 Å². The summed E-state index contributed by atoms with van der Waals surface area (Å²) in [6.45, 7) is 3.40. The highest BCUT2D eigenvalue weighted by atomic mass is 32.2. The van der Waals surface area contributed by atoms with Crippen molar-refractivity contribution in [3.05, 3.63) is 24.3 Å². The summed E-state index contributed by atoms with van der Waals surface area (Å²) in [5, 5.41) is 5.17. The highest BCUT2D eigenvalue weighted by molar-refractivity contribution is 7.89. The standard InChI is InChI=1S/C18H26N4O4S/c1-12-4-3-7-21(16(12)10-19)18(24)13-8-17(23)22(11-13)14-5-2-6-15(9-14)27(20,25)26/h2,5-6,9,12-13,16H,3-4,7-8,10-11,19H2,1H3,(H2,20,25,26)/t12-,13+,16+/m1/s1. The van der Waals surface area contributed by atoms with Gasteiger partial charge in [-0.25, -0.2) is 13.6 Å². The van der Waals surface area contributed by atoms with E-state index < -0.39 is 15.9 Å². The zero-order valence-electron chi connectivity index (χ0n) is 15.4. The maximum absolute atomic E-state index is 13.0. The number of benzene rings is 1. The van der Waals surface area contributed by atoms with E-state index in [0.29, 0.717) is 24.7 Å². The van der Waals surface area contributed by atoms with Gasteiger partial charge < -0.3 is 15.5 Å². The zero-order valence-corrected chi connectivity index (χ0v) is 16.2. The van der Waals surface area contributed by atoms with E-state index in [9.17, 15) is 18.0 Å². The molecule has 9 heteroatoms. The molecule has 0 spiro atoms. The molecule has 0 radical (unpaired) electrons. The van der Waals surface area contributed by atoms with Crippen molar-refractivity contribution in [2.45, 2.75) is 37.1 Å². The van der Waals surface area contributed by atoms with E-state index in [2.05, 4.69) is 6.92 Å². The Hall–Kier alpha value is -1.97. The average Bonchev–Trinajstić information content (AvgIpc) is 3.02. The molecule has 0 saturated carbocycles. The number of hydrogen-bond donors (Lipinski definition) is 2. The lowest BCUT2D eigenvalue weighted by Gasteiger charge is -2.40. The maximum atomic E-state index is 13.0. The van der Waals surface area contributed by atoms with Gasteiger partial charge in [-0.2, -0.15) is 0 Å². The minimum absolute atomic E-state index is 0.00103. The van der Waals surface area contributed by atoms with Crippen molar-refractivity contribution in [3.8, 4) is 0 Å². The molecule has 4 N–H and O–H groups in total. The third-order valence-corrected chi connectivity index (χ3v) is 6.48. The van der Waals surface area contributed by atoms with Gasteiger partial charge in [-0.05, 0) is 37.0 Å². The summed E-state index contributed by atoms with van der Waals surface area (Å²) >= 11 is 0. The highest BCUT2D eigenvalue weighted by Crippen LogP contribution is 2.30. The zero-order chi connectivity index (χ0) is 19.8. The maximum Gasteiger partial charge on any atom is 0.238 e. The van der Waals surface area contributed by atoms with Gasteiger partial charge in [0.1, 0.15) is 0 Å².